The number of amides is 1. The van der Waals surface area contributed by atoms with Crippen LogP contribution in [0.25, 0.3) is 0 Å². The van der Waals surface area contributed by atoms with E-state index in [1.165, 1.54) is 19.3 Å². The first kappa shape index (κ1) is 20.7. The van der Waals surface area contributed by atoms with Gasteiger partial charge in [0.2, 0.25) is 0 Å². The molecule has 1 N–H and O–H groups in total. The molecule has 2 fully saturated rings. The second-order valence-corrected chi connectivity index (χ2v) is 8.32. The van der Waals surface area contributed by atoms with E-state index >= 15 is 0 Å². The smallest absolute Gasteiger partial charge is 0.290 e. The number of ether oxygens (including phenoxy) is 2. The third kappa shape index (κ3) is 3.90. The Morgan fingerprint density at radius 3 is 2.40 bits per heavy atom. The fraction of sp³-hybridized carbons (Fsp3) is 0.565. The molecule has 7 nitrogen and oxygen atoms in total. The summed E-state index contributed by atoms with van der Waals surface area (Å²) in [5, 5.41) is 10.7. The van der Waals surface area contributed by atoms with E-state index in [1.807, 2.05) is 6.07 Å². The molecule has 4 rings (SSSR count). The average molecular weight is 415 g/mol. The van der Waals surface area contributed by atoms with E-state index in [2.05, 4.69) is 4.90 Å². The highest BCUT2D eigenvalue weighted by molar-refractivity contribution is 6.10. The van der Waals surface area contributed by atoms with Crippen LogP contribution in [0.5, 0.6) is 11.5 Å². The summed E-state index contributed by atoms with van der Waals surface area (Å²) in [7, 11) is 3.12. The number of aliphatic hydroxyl groups is 1. The molecule has 1 aromatic carbocycles. The first-order valence-electron chi connectivity index (χ1n) is 10.8. The highest BCUT2D eigenvalue weighted by Gasteiger charge is 2.47. The van der Waals surface area contributed by atoms with Crippen LogP contribution in [-0.2, 0) is 9.59 Å². The van der Waals surface area contributed by atoms with Crippen molar-refractivity contribution in [3.63, 3.8) is 0 Å². The Kier molecular flexibility index (Phi) is 5.99. The number of aliphatic hydroxyl groups excluding tert-OH is 1. The summed E-state index contributed by atoms with van der Waals surface area (Å²) in [6, 6.07) is 4.81. The molecule has 1 atom stereocenters. The maximum atomic E-state index is 13.0. The molecule has 0 radical (unpaired) electrons. The number of nitrogens with zero attached hydrogens (tertiary/aromatic N) is 2. The van der Waals surface area contributed by atoms with E-state index in [4.69, 9.17) is 9.47 Å². The monoisotopic (exact) mass is 414 g/mol. The molecule has 3 aliphatic rings. The number of piperidine rings is 1. The van der Waals surface area contributed by atoms with Crippen LogP contribution in [0.2, 0.25) is 0 Å². The topological polar surface area (TPSA) is 79.3 Å². The lowest BCUT2D eigenvalue weighted by Crippen LogP contribution is -2.40. The third-order valence-electron chi connectivity index (χ3n) is 6.35. The van der Waals surface area contributed by atoms with E-state index < -0.39 is 17.7 Å². The molecule has 1 aromatic rings. The lowest BCUT2D eigenvalue weighted by molar-refractivity contribution is -0.129. The van der Waals surface area contributed by atoms with Gasteiger partial charge in [-0.15, -0.1) is 0 Å². The minimum Gasteiger partial charge on any atom is -0.503 e. The molecule has 1 aliphatic carbocycles. The Balaban J connectivity index is 1.66. The van der Waals surface area contributed by atoms with Crippen LogP contribution in [0.1, 0.15) is 43.7 Å². The number of likely N-dealkylation sites (tertiary alicyclic amines) is 1. The Labute approximate surface area is 177 Å². The second kappa shape index (κ2) is 8.68. The molecule has 1 saturated heterocycles. The van der Waals surface area contributed by atoms with Crippen molar-refractivity contribution in [3.05, 3.63) is 35.1 Å². The summed E-state index contributed by atoms with van der Waals surface area (Å²) >= 11 is 0. The number of rotatable bonds is 8. The van der Waals surface area contributed by atoms with Gasteiger partial charge in [0, 0.05) is 19.0 Å². The van der Waals surface area contributed by atoms with Gasteiger partial charge in [-0.05, 0) is 56.5 Å². The van der Waals surface area contributed by atoms with E-state index in [9.17, 15) is 14.7 Å². The number of methoxy groups -OCH3 is 2. The van der Waals surface area contributed by atoms with E-state index in [-0.39, 0.29) is 17.3 Å². The van der Waals surface area contributed by atoms with Crippen molar-refractivity contribution in [1.29, 1.82) is 0 Å². The van der Waals surface area contributed by atoms with E-state index in [0.717, 1.165) is 38.0 Å². The summed E-state index contributed by atoms with van der Waals surface area (Å²) in [4.78, 5) is 30.0. The summed E-state index contributed by atoms with van der Waals surface area (Å²) in [6.45, 7) is 3.24. The number of ketones is 1. The maximum absolute atomic E-state index is 13.0. The fourth-order valence-corrected chi connectivity index (χ4v) is 4.50. The Morgan fingerprint density at radius 1 is 1.07 bits per heavy atom. The number of benzene rings is 1. The van der Waals surface area contributed by atoms with Crippen LogP contribution in [0.4, 0.5) is 0 Å². The van der Waals surface area contributed by atoms with Crippen LogP contribution >= 0.6 is 0 Å². The standard InChI is InChI=1S/C23H30N2O5/c1-29-17-9-8-16(14-18(17)30-2)20-19(21(26)15-6-7-15)22(27)23(28)25(20)13-12-24-10-4-3-5-11-24/h8-9,14-15,20,27H,3-7,10-13H2,1-2H3. The molecule has 1 unspecified atom stereocenters. The Hall–Kier alpha value is -2.54. The maximum Gasteiger partial charge on any atom is 0.290 e. The lowest BCUT2D eigenvalue weighted by atomic mass is 9.94. The lowest BCUT2D eigenvalue weighted by Gasteiger charge is -2.32. The van der Waals surface area contributed by atoms with Gasteiger partial charge in [-0.1, -0.05) is 12.5 Å². The van der Waals surface area contributed by atoms with Crippen molar-refractivity contribution in [3.8, 4) is 11.5 Å². The van der Waals surface area contributed by atoms with Gasteiger partial charge in [-0.25, -0.2) is 0 Å². The predicted molar refractivity (Wildman–Crippen MR) is 112 cm³/mol. The molecule has 1 amide bonds. The minimum absolute atomic E-state index is 0.0837. The number of hydrogen-bond acceptors (Lipinski definition) is 6. The number of Topliss-reactive ketones (excluding diaryl/α,β-unsaturated/α-hetero) is 1. The zero-order valence-electron chi connectivity index (χ0n) is 17.7. The van der Waals surface area contributed by atoms with Crippen molar-refractivity contribution in [2.75, 3.05) is 40.4 Å². The van der Waals surface area contributed by atoms with Crippen LogP contribution in [0.3, 0.4) is 0 Å². The fourth-order valence-electron chi connectivity index (χ4n) is 4.50. The minimum atomic E-state index is -0.602. The SMILES string of the molecule is COc1ccc(C2C(C(=O)C3CC3)=C(O)C(=O)N2CCN2CCCCC2)cc1OC. The Bertz CT molecular complexity index is 855. The zero-order chi connectivity index (χ0) is 21.3. The molecular formula is C23H30N2O5. The average Bonchev–Trinajstić information content (AvgIpc) is 3.60. The van der Waals surface area contributed by atoms with Gasteiger partial charge in [0.25, 0.3) is 5.91 Å². The molecule has 1 saturated carbocycles. The van der Waals surface area contributed by atoms with Gasteiger partial charge < -0.3 is 24.4 Å². The van der Waals surface area contributed by atoms with Crippen LogP contribution in [0.15, 0.2) is 29.5 Å². The summed E-state index contributed by atoms with van der Waals surface area (Å²) < 4.78 is 10.8. The van der Waals surface area contributed by atoms with Gasteiger partial charge in [-0.2, -0.15) is 0 Å². The van der Waals surface area contributed by atoms with Crippen LogP contribution in [-0.4, -0.2) is 67.0 Å². The van der Waals surface area contributed by atoms with Crippen molar-refractivity contribution in [1.82, 2.24) is 9.80 Å². The zero-order valence-corrected chi connectivity index (χ0v) is 17.7. The highest BCUT2D eigenvalue weighted by atomic mass is 16.5. The predicted octanol–water partition coefficient (Wildman–Crippen LogP) is 2.86. The van der Waals surface area contributed by atoms with Gasteiger partial charge in [0.15, 0.2) is 23.0 Å². The third-order valence-corrected chi connectivity index (χ3v) is 6.35. The summed E-state index contributed by atoms with van der Waals surface area (Å²) in [5.41, 5.74) is 0.973. The van der Waals surface area contributed by atoms with Crippen molar-refractivity contribution in [2.24, 2.45) is 5.92 Å². The first-order valence-corrected chi connectivity index (χ1v) is 10.8. The molecule has 0 aromatic heterocycles. The number of carbonyl (C=O) groups is 2. The van der Waals surface area contributed by atoms with Crippen molar-refractivity contribution < 1.29 is 24.2 Å². The summed E-state index contributed by atoms with van der Waals surface area (Å²) in [5.74, 6) is 0.0543. The molecule has 2 aliphatic heterocycles. The largest absolute Gasteiger partial charge is 0.503 e. The van der Waals surface area contributed by atoms with Gasteiger partial charge in [0.05, 0.1) is 25.8 Å². The van der Waals surface area contributed by atoms with Crippen molar-refractivity contribution in [2.45, 2.75) is 38.1 Å². The van der Waals surface area contributed by atoms with E-state index in [0.29, 0.717) is 18.0 Å². The molecule has 0 spiro atoms. The van der Waals surface area contributed by atoms with Crippen LogP contribution < -0.4 is 9.47 Å². The second-order valence-electron chi connectivity index (χ2n) is 8.32. The normalized spacial score (nSPS) is 22.5. The Morgan fingerprint density at radius 2 is 1.77 bits per heavy atom. The van der Waals surface area contributed by atoms with Gasteiger partial charge in [-0.3, -0.25) is 9.59 Å². The van der Waals surface area contributed by atoms with Crippen LogP contribution in [0, 0.1) is 5.92 Å². The summed E-state index contributed by atoms with van der Waals surface area (Å²) in [6.07, 6.45) is 5.21. The molecule has 30 heavy (non-hydrogen) atoms. The molecule has 7 heteroatoms. The molecule has 0 bridgehead atoms. The molecular weight excluding hydrogens is 384 g/mol. The first-order chi connectivity index (χ1) is 14.5. The van der Waals surface area contributed by atoms with Gasteiger partial charge >= 0.3 is 0 Å². The molecule has 2 heterocycles. The van der Waals surface area contributed by atoms with Crippen molar-refractivity contribution >= 4 is 11.7 Å². The van der Waals surface area contributed by atoms with E-state index in [1.54, 1.807) is 31.3 Å². The number of carbonyl (C=O) groups excluding carboxylic acids is 2. The number of hydrogen-bond donors (Lipinski definition) is 1. The quantitative estimate of drug-likeness (QED) is 0.705. The highest BCUT2D eigenvalue weighted by Crippen LogP contribution is 2.44. The molecule has 162 valence electrons. The van der Waals surface area contributed by atoms with Gasteiger partial charge in [0.1, 0.15) is 0 Å².